The molecule has 0 heterocycles. The normalized spacial score (nSPS) is 14.4. The van der Waals surface area contributed by atoms with Crippen LogP contribution >= 0.6 is 15.6 Å². The molecule has 5 atom stereocenters. The average Bonchev–Trinajstić information content (AvgIpc) is 1.71. The van der Waals surface area contributed by atoms with Crippen molar-refractivity contribution < 1.29 is 80.2 Å². The number of phosphoric ester groups is 2. The molecule has 0 fully saturated rings. The summed E-state index contributed by atoms with van der Waals surface area (Å²) in [5.74, 6) is -0.707. The minimum Gasteiger partial charge on any atom is -0.462 e. The highest BCUT2D eigenvalue weighted by molar-refractivity contribution is 7.47. The Kier molecular flexibility index (Phi) is 63.8. The summed E-state index contributed by atoms with van der Waals surface area (Å²) in [6.45, 7) is 9.40. The topological polar surface area (TPSA) is 237 Å². The number of ether oxygens (including phenoxy) is 4. The summed E-state index contributed by atoms with van der Waals surface area (Å²) in [7, 11) is -9.93. The van der Waals surface area contributed by atoms with Gasteiger partial charge in [-0.2, -0.15) is 0 Å². The van der Waals surface area contributed by atoms with E-state index in [1.54, 1.807) is 0 Å². The maximum atomic E-state index is 13.1. The van der Waals surface area contributed by atoms with Gasteiger partial charge in [0.05, 0.1) is 26.4 Å². The molecule has 17 nitrogen and oxygen atoms in total. The number of phosphoric acid groups is 2. The van der Waals surface area contributed by atoms with Gasteiger partial charge in [-0.05, 0) is 88.9 Å². The van der Waals surface area contributed by atoms with Gasteiger partial charge in [-0.15, -0.1) is 0 Å². The number of unbranched alkanes of at least 4 members (excludes halogenated alkanes) is 34. The highest BCUT2D eigenvalue weighted by atomic mass is 31.2. The molecule has 0 radical (unpaired) electrons. The van der Waals surface area contributed by atoms with Gasteiger partial charge in [0.1, 0.15) is 19.3 Å². The Morgan fingerprint density at radius 3 is 0.862 bits per heavy atom. The first kappa shape index (κ1) is 91.0. The summed E-state index contributed by atoms with van der Waals surface area (Å²) in [5.41, 5.74) is 0. The van der Waals surface area contributed by atoms with Crippen LogP contribution in [0.5, 0.6) is 0 Å². The first-order valence-corrected chi connectivity index (χ1v) is 40.6. The van der Waals surface area contributed by atoms with E-state index in [0.717, 1.165) is 134 Å². The lowest BCUT2D eigenvalue weighted by molar-refractivity contribution is -0.161. The Bertz CT molecular complexity index is 2010. The van der Waals surface area contributed by atoms with Crippen molar-refractivity contribution in [1.82, 2.24) is 0 Å². The van der Waals surface area contributed by atoms with E-state index < -0.39 is 97.5 Å². The first-order valence-electron chi connectivity index (χ1n) is 37.6. The lowest BCUT2D eigenvalue weighted by atomic mass is 10.0. The molecule has 0 aliphatic heterocycles. The minimum atomic E-state index is -4.97. The molecule has 0 saturated carbocycles. The van der Waals surface area contributed by atoms with Crippen LogP contribution in [0.25, 0.3) is 0 Å². The predicted octanol–water partition coefficient (Wildman–Crippen LogP) is 21.0. The SMILES string of the molecule is CCCCCC/C=C\C=C/CCCCCCCC(=O)OC[C@H](COP(=O)(O)OCC(O)COP(=O)(O)OC[C@@H](COC(=O)CCCCCCCCCCC(C)C)OC(=O)CCCCCCCCCCCCC(C)C)OC(=O)CCCCCCC/C=C\C=C/CCCCCC. The molecule has 0 aromatic rings. The average molecular weight is 1370 g/mol. The number of esters is 4. The molecule has 19 heteroatoms. The molecule has 0 aromatic heterocycles. The van der Waals surface area contributed by atoms with Crippen LogP contribution in [0.2, 0.25) is 0 Å². The summed E-state index contributed by atoms with van der Waals surface area (Å²) in [6.07, 6.45) is 58.5. The molecule has 0 saturated heterocycles. The number of aliphatic hydroxyl groups excluding tert-OH is 1. The largest absolute Gasteiger partial charge is 0.472 e. The molecule has 0 spiro atoms. The fourth-order valence-corrected chi connectivity index (χ4v) is 12.0. The van der Waals surface area contributed by atoms with E-state index >= 15 is 0 Å². The molecule has 94 heavy (non-hydrogen) atoms. The molecule has 3 unspecified atom stereocenters. The van der Waals surface area contributed by atoms with Crippen molar-refractivity contribution in [2.75, 3.05) is 39.6 Å². The van der Waals surface area contributed by atoms with Crippen LogP contribution in [-0.4, -0.2) is 96.7 Å². The van der Waals surface area contributed by atoms with Crippen LogP contribution in [0.4, 0.5) is 0 Å². The molecule has 0 aliphatic rings. The molecule has 550 valence electrons. The van der Waals surface area contributed by atoms with Gasteiger partial charge in [0.25, 0.3) is 0 Å². The Morgan fingerprint density at radius 1 is 0.330 bits per heavy atom. The zero-order valence-electron chi connectivity index (χ0n) is 60.2. The summed E-state index contributed by atoms with van der Waals surface area (Å²) in [6, 6.07) is 0. The van der Waals surface area contributed by atoms with Gasteiger partial charge in [0.15, 0.2) is 12.2 Å². The highest BCUT2D eigenvalue weighted by Gasteiger charge is 2.30. The summed E-state index contributed by atoms with van der Waals surface area (Å²) in [4.78, 5) is 72.7. The van der Waals surface area contributed by atoms with E-state index in [4.69, 9.17) is 37.0 Å². The van der Waals surface area contributed by atoms with E-state index in [9.17, 15) is 43.2 Å². The molecule has 0 bridgehead atoms. The van der Waals surface area contributed by atoms with E-state index in [1.807, 2.05) is 0 Å². The Balaban J connectivity index is 5.33. The first-order chi connectivity index (χ1) is 45.4. The van der Waals surface area contributed by atoms with Crippen LogP contribution in [0.1, 0.15) is 337 Å². The summed E-state index contributed by atoms with van der Waals surface area (Å²) >= 11 is 0. The number of hydrogen-bond acceptors (Lipinski definition) is 15. The second-order valence-electron chi connectivity index (χ2n) is 26.6. The van der Waals surface area contributed by atoms with Crippen LogP contribution in [-0.2, 0) is 65.4 Å². The van der Waals surface area contributed by atoms with Gasteiger partial charge < -0.3 is 33.8 Å². The van der Waals surface area contributed by atoms with Crippen LogP contribution < -0.4 is 0 Å². The number of rotatable bonds is 70. The Labute approximate surface area is 572 Å². The molecule has 0 aliphatic carbocycles. The predicted molar refractivity (Wildman–Crippen MR) is 381 cm³/mol. The smallest absolute Gasteiger partial charge is 0.462 e. The number of hydrogen-bond donors (Lipinski definition) is 3. The van der Waals surface area contributed by atoms with Crippen molar-refractivity contribution in [1.29, 1.82) is 0 Å². The Hall–Kier alpha value is -2.98. The van der Waals surface area contributed by atoms with Crippen molar-refractivity contribution in [3.8, 4) is 0 Å². The summed E-state index contributed by atoms with van der Waals surface area (Å²) < 4.78 is 68.4. The number of aliphatic hydroxyl groups is 1. The highest BCUT2D eigenvalue weighted by Crippen LogP contribution is 2.45. The zero-order chi connectivity index (χ0) is 69.3. The molecule has 0 rings (SSSR count). The lowest BCUT2D eigenvalue weighted by Crippen LogP contribution is -2.30. The van der Waals surface area contributed by atoms with Gasteiger partial charge in [-0.1, -0.05) is 283 Å². The van der Waals surface area contributed by atoms with Gasteiger partial charge >= 0.3 is 39.5 Å². The molecule has 3 N–H and O–H groups in total. The van der Waals surface area contributed by atoms with Crippen molar-refractivity contribution in [2.24, 2.45) is 11.8 Å². The van der Waals surface area contributed by atoms with E-state index in [1.165, 1.54) is 122 Å². The molecular formula is C75H138O17P2. The van der Waals surface area contributed by atoms with Crippen LogP contribution in [0.3, 0.4) is 0 Å². The van der Waals surface area contributed by atoms with E-state index in [2.05, 4.69) is 90.2 Å². The van der Waals surface area contributed by atoms with Gasteiger partial charge in [0.2, 0.25) is 0 Å². The third-order valence-corrected chi connectivity index (χ3v) is 18.1. The fraction of sp³-hybridized carbons (Fsp3) is 0.840. The fourth-order valence-electron chi connectivity index (χ4n) is 10.4. The molecule has 0 aromatic carbocycles. The maximum absolute atomic E-state index is 13.1. The lowest BCUT2D eigenvalue weighted by Gasteiger charge is -2.21. The maximum Gasteiger partial charge on any atom is 0.472 e. The number of carbonyl (C=O) groups is 4. The van der Waals surface area contributed by atoms with Crippen molar-refractivity contribution in [3.05, 3.63) is 48.6 Å². The van der Waals surface area contributed by atoms with Gasteiger partial charge in [-0.25, -0.2) is 9.13 Å². The van der Waals surface area contributed by atoms with Crippen molar-refractivity contribution in [2.45, 2.75) is 355 Å². The second-order valence-corrected chi connectivity index (χ2v) is 29.5. The van der Waals surface area contributed by atoms with E-state index in [-0.39, 0.29) is 25.7 Å². The van der Waals surface area contributed by atoms with Gasteiger partial charge in [-0.3, -0.25) is 37.3 Å². The quantitative estimate of drug-likeness (QED) is 0.0169. The van der Waals surface area contributed by atoms with E-state index in [0.29, 0.717) is 25.7 Å². The third kappa shape index (κ3) is 67.6. The molecular weight excluding hydrogens is 1230 g/mol. The minimum absolute atomic E-state index is 0.0779. The number of allylic oxidation sites excluding steroid dienone is 8. The van der Waals surface area contributed by atoms with Crippen molar-refractivity contribution >= 4 is 39.5 Å². The standard InChI is InChI=1S/C75H138O17P2/c1-7-9-11-13-15-17-19-21-23-25-27-32-39-45-51-57-72(77)85-63-70(91-74(79)59-53-47-41-33-28-26-24-22-20-18-16-14-12-10-8-2)65-89-93(81,82)87-61-69(76)62-88-94(83,84)90-66-71(64-86-73(78)58-52-46-40-36-35-38-44-50-56-68(5)6)92-75(80)60-54-48-42-34-30-29-31-37-43-49-55-67(3)4/h17-24,67-71,76H,7-16,25-66H2,1-6H3,(H,81,82)(H,83,84)/b19-17-,20-18-,23-21-,24-22-/t69?,70-,71-/m1/s1. The monoisotopic (exact) mass is 1370 g/mol. The third-order valence-electron chi connectivity index (χ3n) is 16.2. The van der Waals surface area contributed by atoms with Crippen molar-refractivity contribution in [3.63, 3.8) is 0 Å². The summed E-state index contributed by atoms with van der Waals surface area (Å²) in [5, 5.41) is 10.6. The second kappa shape index (κ2) is 65.9. The van der Waals surface area contributed by atoms with Gasteiger partial charge in [0, 0.05) is 25.7 Å². The zero-order valence-corrected chi connectivity index (χ0v) is 62.0. The number of carbonyl (C=O) groups excluding carboxylic acids is 4. The molecule has 0 amide bonds. The van der Waals surface area contributed by atoms with Crippen LogP contribution in [0.15, 0.2) is 48.6 Å². The van der Waals surface area contributed by atoms with Crippen LogP contribution in [0, 0.1) is 11.8 Å². The Morgan fingerprint density at radius 2 is 0.574 bits per heavy atom.